The van der Waals surface area contributed by atoms with Gasteiger partial charge in [-0.2, -0.15) is 0 Å². The average Bonchev–Trinajstić information content (AvgIpc) is 2.32. The smallest absolute Gasteiger partial charge is 0.126 e. The van der Waals surface area contributed by atoms with Crippen molar-refractivity contribution in [2.45, 2.75) is 26.7 Å². The van der Waals surface area contributed by atoms with E-state index in [0.29, 0.717) is 22.9 Å². The Kier molecular flexibility index (Phi) is 6.63. The standard InChI is InChI=1S/C14H18Br2ClF/c1-10(2)6-14(8-15,9-16)7-11-5-12(17)3-4-13(11)18/h3-5,10H,6-9H2,1-2H3. The normalized spacial score (nSPS) is 12.2. The number of benzene rings is 1. The minimum atomic E-state index is -0.172. The van der Waals surface area contributed by atoms with Gasteiger partial charge in [0.2, 0.25) is 0 Å². The van der Waals surface area contributed by atoms with Crippen molar-refractivity contribution in [1.82, 2.24) is 0 Å². The highest BCUT2D eigenvalue weighted by molar-refractivity contribution is 9.09. The summed E-state index contributed by atoms with van der Waals surface area (Å²) in [6.07, 6.45) is 1.73. The minimum absolute atomic E-state index is 0.0275. The van der Waals surface area contributed by atoms with Gasteiger partial charge >= 0.3 is 0 Å². The van der Waals surface area contributed by atoms with Crippen LogP contribution in [0.5, 0.6) is 0 Å². The van der Waals surface area contributed by atoms with E-state index < -0.39 is 0 Å². The van der Waals surface area contributed by atoms with Crippen molar-refractivity contribution in [1.29, 1.82) is 0 Å². The molecule has 0 aliphatic heterocycles. The maximum atomic E-state index is 13.8. The largest absolute Gasteiger partial charge is 0.207 e. The Morgan fingerprint density at radius 3 is 2.39 bits per heavy atom. The van der Waals surface area contributed by atoms with Crippen molar-refractivity contribution in [2.75, 3.05) is 10.7 Å². The van der Waals surface area contributed by atoms with Crippen LogP contribution in [0.25, 0.3) is 0 Å². The molecule has 0 heterocycles. The van der Waals surface area contributed by atoms with E-state index in [1.165, 1.54) is 6.07 Å². The Morgan fingerprint density at radius 2 is 1.89 bits per heavy atom. The van der Waals surface area contributed by atoms with Crippen LogP contribution in [0.2, 0.25) is 5.02 Å². The van der Waals surface area contributed by atoms with Gasteiger partial charge in [0.05, 0.1) is 0 Å². The molecule has 1 rings (SSSR count). The van der Waals surface area contributed by atoms with E-state index >= 15 is 0 Å². The van der Waals surface area contributed by atoms with Crippen LogP contribution in [0.15, 0.2) is 18.2 Å². The molecule has 0 spiro atoms. The molecule has 18 heavy (non-hydrogen) atoms. The minimum Gasteiger partial charge on any atom is -0.207 e. The van der Waals surface area contributed by atoms with E-state index in [0.717, 1.165) is 17.1 Å². The molecule has 4 heteroatoms. The first-order valence-corrected chi connectivity index (χ1v) is 8.60. The zero-order chi connectivity index (χ0) is 13.8. The van der Waals surface area contributed by atoms with E-state index in [1.54, 1.807) is 12.1 Å². The van der Waals surface area contributed by atoms with Gasteiger partial charge < -0.3 is 0 Å². The monoisotopic (exact) mass is 398 g/mol. The second-order valence-corrected chi connectivity index (χ2v) is 6.84. The zero-order valence-corrected chi connectivity index (χ0v) is 14.6. The zero-order valence-electron chi connectivity index (χ0n) is 10.6. The maximum Gasteiger partial charge on any atom is 0.126 e. The molecule has 0 aromatic heterocycles. The highest BCUT2D eigenvalue weighted by Crippen LogP contribution is 2.36. The number of hydrogen-bond donors (Lipinski definition) is 0. The summed E-state index contributed by atoms with van der Waals surface area (Å²) in [5.41, 5.74) is 0.724. The number of alkyl halides is 2. The molecule has 1 aromatic rings. The predicted octanol–water partition coefficient (Wildman–Crippen LogP) is 5.84. The summed E-state index contributed by atoms with van der Waals surface area (Å²) >= 11 is 13.1. The first kappa shape index (κ1) is 16.5. The molecular weight excluding hydrogens is 382 g/mol. The van der Waals surface area contributed by atoms with Gasteiger partial charge in [0.15, 0.2) is 0 Å². The van der Waals surface area contributed by atoms with Crippen LogP contribution in [0.3, 0.4) is 0 Å². The van der Waals surface area contributed by atoms with E-state index in [1.807, 2.05) is 0 Å². The molecule has 0 aliphatic carbocycles. The molecule has 1 aromatic carbocycles. The molecule has 0 aliphatic rings. The second-order valence-electron chi connectivity index (χ2n) is 5.28. The SMILES string of the molecule is CC(C)CC(CBr)(CBr)Cc1cc(Cl)ccc1F. The first-order valence-electron chi connectivity index (χ1n) is 5.98. The molecule has 0 atom stereocenters. The summed E-state index contributed by atoms with van der Waals surface area (Å²) in [5.74, 6) is 0.400. The Bertz CT molecular complexity index is 389. The van der Waals surface area contributed by atoms with Gasteiger partial charge in [-0.1, -0.05) is 57.3 Å². The molecule has 0 N–H and O–H groups in total. The highest BCUT2D eigenvalue weighted by Gasteiger charge is 2.30. The molecule has 0 nitrogen and oxygen atoms in total. The Balaban J connectivity index is 2.98. The van der Waals surface area contributed by atoms with Crippen molar-refractivity contribution in [3.8, 4) is 0 Å². The molecule has 0 saturated heterocycles. The molecule has 0 amide bonds. The van der Waals surface area contributed by atoms with Gasteiger partial charge in [0, 0.05) is 15.7 Å². The predicted molar refractivity (Wildman–Crippen MR) is 84.6 cm³/mol. The lowest BCUT2D eigenvalue weighted by molar-refractivity contribution is 0.301. The number of hydrogen-bond acceptors (Lipinski definition) is 0. The van der Waals surface area contributed by atoms with Crippen LogP contribution < -0.4 is 0 Å². The molecule has 0 bridgehead atoms. The van der Waals surface area contributed by atoms with Crippen molar-refractivity contribution in [2.24, 2.45) is 11.3 Å². The lowest BCUT2D eigenvalue weighted by atomic mass is 9.78. The third-order valence-corrected chi connectivity index (χ3v) is 5.60. The topological polar surface area (TPSA) is 0 Å². The lowest BCUT2D eigenvalue weighted by Gasteiger charge is -2.32. The van der Waals surface area contributed by atoms with Gasteiger partial charge in [0.25, 0.3) is 0 Å². The Labute approximate surface area is 131 Å². The van der Waals surface area contributed by atoms with Crippen molar-refractivity contribution in [3.05, 3.63) is 34.6 Å². The van der Waals surface area contributed by atoms with Crippen LogP contribution in [-0.2, 0) is 6.42 Å². The number of halogens is 4. The third-order valence-electron chi connectivity index (χ3n) is 2.98. The Hall–Kier alpha value is 0.400. The summed E-state index contributed by atoms with van der Waals surface area (Å²) in [6, 6.07) is 4.77. The Morgan fingerprint density at radius 1 is 1.28 bits per heavy atom. The summed E-state index contributed by atoms with van der Waals surface area (Å²) in [5, 5.41) is 2.28. The first-order chi connectivity index (χ1) is 8.42. The molecule has 102 valence electrons. The molecular formula is C14H18Br2ClF. The fraction of sp³-hybridized carbons (Fsp3) is 0.571. The lowest BCUT2D eigenvalue weighted by Crippen LogP contribution is -2.30. The van der Waals surface area contributed by atoms with Crippen LogP contribution in [-0.4, -0.2) is 10.7 Å². The van der Waals surface area contributed by atoms with E-state index in [-0.39, 0.29) is 11.2 Å². The number of rotatable bonds is 6. The van der Waals surface area contributed by atoms with E-state index in [4.69, 9.17) is 11.6 Å². The molecule has 0 fully saturated rings. The fourth-order valence-electron chi connectivity index (χ4n) is 2.26. The van der Waals surface area contributed by atoms with Crippen LogP contribution in [0.1, 0.15) is 25.8 Å². The fourth-order valence-corrected chi connectivity index (χ4v) is 4.24. The van der Waals surface area contributed by atoms with Gasteiger partial charge in [-0.25, -0.2) is 4.39 Å². The van der Waals surface area contributed by atoms with Gasteiger partial charge in [-0.15, -0.1) is 0 Å². The second kappa shape index (κ2) is 7.25. The van der Waals surface area contributed by atoms with Crippen LogP contribution >= 0.6 is 43.5 Å². The maximum absolute atomic E-state index is 13.8. The van der Waals surface area contributed by atoms with E-state index in [2.05, 4.69) is 45.7 Å². The van der Waals surface area contributed by atoms with Gasteiger partial charge in [-0.3, -0.25) is 0 Å². The summed E-state index contributed by atoms with van der Waals surface area (Å²) in [4.78, 5) is 0. The van der Waals surface area contributed by atoms with Crippen molar-refractivity contribution < 1.29 is 4.39 Å². The van der Waals surface area contributed by atoms with Crippen molar-refractivity contribution >= 4 is 43.5 Å². The van der Waals surface area contributed by atoms with Crippen LogP contribution in [0.4, 0.5) is 4.39 Å². The van der Waals surface area contributed by atoms with Crippen molar-refractivity contribution in [3.63, 3.8) is 0 Å². The third kappa shape index (κ3) is 4.50. The summed E-state index contributed by atoms with van der Waals surface area (Å²) in [7, 11) is 0. The quantitative estimate of drug-likeness (QED) is 0.526. The molecule has 0 unspecified atom stereocenters. The molecule has 0 saturated carbocycles. The van der Waals surface area contributed by atoms with Gasteiger partial charge in [-0.05, 0) is 47.9 Å². The summed E-state index contributed by atoms with van der Waals surface area (Å²) in [6.45, 7) is 4.38. The highest BCUT2D eigenvalue weighted by atomic mass is 79.9. The summed E-state index contributed by atoms with van der Waals surface area (Å²) < 4.78 is 13.8. The van der Waals surface area contributed by atoms with Gasteiger partial charge in [0.1, 0.15) is 5.82 Å². The van der Waals surface area contributed by atoms with Crippen LogP contribution in [0, 0.1) is 17.2 Å². The average molecular weight is 401 g/mol. The van der Waals surface area contributed by atoms with E-state index in [9.17, 15) is 4.39 Å². The molecule has 0 radical (unpaired) electrons.